The molecule has 1 unspecified atom stereocenters. The van der Waals surface area contributed by atoms with Gasteiger partial charge in [-0.15, -0.1) is 0 Å². The first-order valence-electron chi connectivity index (χ1n) is 20.1. The summed E-state index contributed by atoms with van der Waals surface area (Å²) in [6.45, 7) is 42.2. The Morgan fingerprint density at radius 1 is 0.464 bits per heavy atom. The van der Waals surface area contributed by atoms with Crippen LogP contribution in [0.15, 0.2) is 54.6 Å². The molecule has 0 amide bonds. The molecule has 2 aliphatic heterocycles. The molecule has 3 aromatic rings. The van der Waals surface area contributed by atoms with Crippen LogP contribution in [0.1, 0.15) is 158 Å². The van der Waals surface area contributed by atoms with E-state index in [4.69, 9.17) is 27.1 Å². The first-order valence-corrected chi connectivity index (χ1v) is 22.8. The summed E-state index contributed by atoms with van der Waals surface area (Å²) in [5.41, 5.74) is 7.72. The van der Waals surface area contributed by atoms with Gasteiger partial charge in [-0.2, -0.15) is 0 Å². The molecule has 0 aliphatic carbocycles. The smallest absolute Gasteiger partial charge is 0.397 e. The average molecular weight is 827 g/mol. The first-order chi connectivity index (χ1) is 25.4. The predicted molar refractivity (Wildman–Crippen MR) is 242 cm³/mol. The van der Waals surface area contributed by atoms with Crippen LogP contribution in [0, 0.1) is 5.41 Å². The normalized spacial score (nSPS) is 21.3. The Balaban J connectivity index is 0.000000364. The average Bonchev–Trinajstić information content (AvgIpc) is 3.07. The molecule has 1 atom stereocenters. The van der Waals surface area contributed by atoms with Gasteiger partial charge in [-0.3, -0.25) is 0 Å². The molecule has 1 spiro atoms. The van der Waals surface area contributed by atoms with E-state index in [1.165, 1.54) is 33.1 Å². The van der Waals surface area contributed by atoms with Gasteiger partial charge in [0.05, 0.1) is 41.3 Å². The SMILES string of the molecule is CC(C)(C)c1ccc(OP)c(C(C)(C)C)c1.CC(C)(C)c1ccc(OP2OCC3(CO2)COP(c2ccc(C(C)(C)C)cc2C(C)(C)C)OC3)c(C(C)(C)C)c1. The van der Waals surface area contributed by atoms with Gasteiger partial charge in [0.2, 0.25) is 8.38 Å². The molecular formula is C47H73O6P3. The highest BCUT2D eigenvalue weighted by Crippen LogP contribution is 2.54. The van der Waals surface area contributed by atoms with Gasteiger partial charge in [0.1, 0.15) is 11.5 Å². The molecule has 312 valence electrons. The number of benzene rings is 3. The number of rotatable bonds is 4. The molecule has 0 N–H and O–H groups in total. The Labute approximate surface area is 346 Å². The fourth-order valence-corrected chi connectivity index (χ4v) is 9.87. The maximum atomic E-state index is 6.43. The second-order valence-corrected chi connectivity index (χ2v) is 24.8. The fourth-order valence-electron chi connectivity index (χ4n) is 6.48. The van der Waals surface area contributed by atoms with Gasteiger partial charge in [0.15, 0.2) is 0 Å². The zero-order valence-electron chi connectivity index (χ0n) is 37.9. The second-order valence-electron chi connectivity index (χ2n) is 21.9. The van der Waals surface area contributed by atoms with Crippen molar-refractivity contribution in [2.75, 3.05) is 26.4 Å². The maximum absolute atomic E-state index is 6.43. The van der Waals surface area contributed by atoms with Gasteiger partial charge in [-0.1, -0.05) is 161 Å². The third kappa shape index (κ3) is 12.0. The van der Waals surface area contributed by atoms with Crippen molar-refractivity contribution in [3.05, 3.63) is 88.0 Å². The molecule has 56 heavy (non-hydrogen) atoms. The minimum Gasteiger partial charge on any atom is -0.480 e. The minimum absolute atomic E-state index is 0.0119. The molecular weight excluding hydrogens is 753 g/mol. The van der Waals surface area contributed by atoms with E-state index >= 15 is 0 Å². The van der Waals surface area contributed by atoms with Crippen molar-refractivity contribution < 1.29 is 27.1 Å². The van der Waals surface area contributed by atoms with Gasteiger partial charge in [-0.05, 0) is 72.9 Å². The highest BCUT2D eigenvalue weighted by atomic mass is 31.2. The van der Waals surface area contributed by atoms with Crippen LogP contribution in [0.4, 0.5) is 0 Å². The fraction of sp³-hybridized carbons (Fsp3) is 0.617. The lowest BCUT2D eigenvalue weighted by Gasteiger charge is -2.43. The van der Waals surface area contributed by atoms with E-state index in [-0.39, 0.29) is 37.9 Å². The topological polar surface area (TPSA) is 55.4 Å². The van der Waals surface area contributed by atoms with E-state index in [2.05, 4.69) is 189 Å². The molecule has 2 heterocycles. The standard InChI is InChI=1S/C33H50O5P2.C14H23OP/c1-29(2,3)23-13-15-27(25(17-23)31(7,8)9)38-40-36-21-33(22-37-40)19-34-39(35-20-33)28-16-14-24(30(4,5)6)18-26(28)32(10,11)12;1-13(2,3)10-7-8-12(15-16)11(9-10)14(4,5)6/h13-18H,19-22H2,1-12H3;7-9H,16H2,1-6H3. The van der Waals surface area contributed by atoms with Crippen molar-refractivity contribution in [1.82, 2.24) is 0 Å². The van der Waals surface area contributed by atoms with E-state index in [1.54, 1.807) is 0 Å². The lowest BCUT2D eigenvalue weighted by Crippen LogP contribution is -2.45. The highest BCUT2D eigenvalue weighted by Gasteiger charge is 2.45. The van der Waals surface area contributed by atoms with Crippen molar-refractivity contribution in [2.24, 2.45) is 5.41 Å². The summed E-state index contributed by atoms with van der Waals surface area (Å²) in [7, 11) is -0.333. The monoisotopic (exact) mass is 826 g/mol. The largest absolute Gasteiger partial charge is 0.480 e. The van der Waals surface area contributed by atoms with E-state index < -0.39 is 17.0 Å². The summed E-state index contributed by atoms with van der Waals surface area (Å²) in [6, 6.07) is 19.7. The quantitative estimate of drug-likeness (QED) is 0.244. The second kappa shape index (κ2) is 17.2. The molecule has 0 aromatic heterocycles. The van der Waals surface area contributed by atoms with Crippen LogP contribution in [0.5, 0.6) is 11.5 Å². The van der Waals surface area contributed by atoms with Crippen LogP contribution in [0.25, 0.3) is 0 Å². The molecule has 0 radical (unpaired) electrons. The molecule has 5 rings (SSSR count). The van der Waals surface area contributed by atoms with Crippen LogP contribution >= 0.6 is 26.4 Å². The predicted octanol–water partition coefficient (Wildman–Crippen LogP) is 13.7. The minimum atomic E-state index is -1.50. The van der Waals surface area contributed by atoms with Gasteiger partial charge in [-0.25, -0.2) is 0 Å². The zero-order chi connectivity index (χ0) is 42.3. The summed E-state index contributed by atoms with van der Waals surface area (Å²) >= 11 is 0. The Kier molecular flexibility index (Phi) is 14.4. The van der Waals surface area contributed by atoms with Crippen LogP contribution in [-0.4, -0.2) is 26.4 Å². The van der Waals surface area contributed by atoms with Crippen molar-refractivity contribution in [3.8, 4) is 11.5 Å². The molecule has 9 heteroatoms. The summed E-state index contributed by atoms with van der Waals surface area (Å²) in [5.74, 6) is 1.78. The lowest BCUT2D eigenvalue weighted by molar-refractivity contribution is -0.0591. The van der Waals surface area contributed by atoms with Gasteiger partial charge in [0, 0.05) is 16.4 Å². The van der Waals surface area contributed by atoms with Crippen LogP contribution in [0.2, 0.25) is 0 Å². The molecule has 0 bridgehead atoms. The van der Waals surface area contributed by atoms with Gasteiger partial charge in [0.25, 0.3) is 0 Å². The van der Waals surface area contributed by atoms with E-state index in [0.717, 1.165) is 17.1 Å². The lowest BCUT2D eigenvalue weighted by atomic mass is 9.80. The Bertz CT molecular complexity index is 1780. The van der Waals surface area contributed by atoms with Gasteiger partial charge >= 0.3 is 8.60 Å². The summed E-state index contributed by atoms with van der Waals surface area (Å²) in [6.07, 6.45) is 0. The van der Waals surface area contributed by atoms with Gasteiger partial charge < -0.3 is 27.1 Å². The summed E-state index contributed by atoms with van der Waals surface area (Å²) < 4.78 is 36.9. The highest BCUT2D eigenvalue weighted by molar-refractivity contribution is 7.56. The summed E-state index contributed by atoms with van der Waals surface area (Å²) in [5, 5.41) is 1.17. The van der Waals surface area contributed by atoms with E-state index in [9.17, 15) is 0 Å². The van der Waals surface area contributed by atoms with Crippen molar-refractivity contribution in [2.45, 2.75) is 157 Å². The molecule has 2 saturated heterocycles. The molecule has 6 nitrogen and oxygen atoms in total. The number of hydrogen-bond acceptors (Lipinski definition) is 6. The maximum Gasteiger partial charge on any atom is 0.397 e. The van der Waals surface area contributed by atoms with E-state index in [1.807, 2.05) is 0 Å². The Morgan fingerprint density at radius 3 is 1.21 bits per heavy atom. The molecule has 0 saturated carbocycles. The van der Waals surface area contributed by atoms with Crippen LogP contribution < -0.4 is 14.4 Å². The third-order valence-electron chi connectivity index (χ3n) is 10.4. The van der Waals surface area contributed by atoms with Crippen molar-refractivity contribution in [1.29, 1.82) is 0 Å². The Morgan fingerprint density at radius 2 is 0.821 bits per heavy atom. The summed E-state index contributed by atoms with van der Waals surface area (Å²) in [4.78, 5) is 0. The van der Waals surface area contributed by atoms with Crippen LogP contribution in [-0.2, 0) is 50.6 Å². The van der Waals surface area contributed by atoms with Crippen molar-refractivity contribution in [3.63, 3.8) is 0 Å². The first kappa shape index (κ1) is 47.1. The Hall–Kier alpha value is -1.61. The van der Waals surface area contributed by atoms with E-state index in [0.29, 0.717) is 26.4 Å². The van der Waals surface area contributed by atoms with Crippen LogP contribution in [0.3, 0.4) is 0 Å². The van der Waals surface area contributed by atoms with Crippen molar-refractivity contribution >= 4 is 31.7 Å². The molecule has 2 aliphatic rings. The molecule has 3 aromatic carbocycles. The molecule has 2 fully saturated rings. The third-order valence-corrected chi connectivity index (χ3v) is 13.2. The zero-order valence-corrected chi connectivity index (χ0v) is 40.9. The number of hydrogen-bond donors (Lipinski definition) is 0.